The van der Waals surface area contributed by atoms with Crippen LogP contribution in [0.15, 0.2) is 12.1 Å². The molecule has 0 amide bonds. The normalized spacial score (nSPS) is 20.5. The molecule has 0 saturated heterocycles. The molecule has 0 radical (unpaired) electrons. The number of phenols is 2. The minimum Gasteiger partial charge on any atom is -0.504 e. The van der Waals surface area contributed by atoms with Crippen molar-refractivity contribution in [1.29, 1.82) is 0 Å². The van der Waals surface area contributed by atoms with Gasteiger partial charge < -0.3 is 15.5 Å². The molecule has 2 rings (SSSR count). The summed E-state index contributed by atoms with van der Waals surface area (Å²) in [6, 6.07) is 3.63. The maximum atomic E-state index is 9.75. The van der Waals surface area contributed by atoms with E-state index in [9.17, 15) is 10.2 Å². The van der Waals surface area contributed by atoms with Crippen molar-refractivity contribution in [3.63, 3.8) is 0 Å². The maximum absolute atomic E-state index is 9.75. The fraction of sp³-hybridized carbons (Fsp3) is 0.455. The first kappa shape index (κ1) is 9.34. The van der Waals surface area contributed by atoms with Crippen molar-refractivity contribution in [3.05, 3.63) is 23.3 Å². The van der Waals surface area contributed by atoms with Gasteiger partial charge in [0.2, 0.25) is 0 Å². The van der Waals surface area contributed by atoms with Gasteiger partial charge in [0, 0.05) is 11.6 Å². The van der Waals surface area contributed by atoms with Crippen LogP contribution >= 0.6 is 0 Å². The highest BCUT2D eigenvalue weighted by Gasteiger charge is 2.23. The third kappa shape index (κ3) is 1.34. The van der Waals surface area contributed by atoms with Crippen molar-refractivity contribution in [2.24, 2.45) is 0 Å². The third-order valence-electron chi connectivity index (χ3n) is 2.83. The van der Waals surface area contributed by atoms with Crippen molar-refractivity contribution in [1.82, 2.24) is 5.32 Å². The van der Waals surface area contributed by atoms with Crippen LogP contribution in [-0.2, 0) is 6.42 Å². The first-order valence-corrected chi connectivity index (χ1v) is 5.01. The van der Waals surface area contributed by atoms with E-state index in [1.807, 2.05) is 6.07 Å². The molecule has 0 spiro atoms. The van der Waals surface area contributed by atoms with E-state index in [2.05, 4.69) is 12.2 Å². The zero-order valence-electron chi connectivity index (χ0n) is 8.25. The summed E-state index contributed by atoms with van der Waals surface area (Å²) in [7, 11) is 0. The zero-order valence-corrected chi connectivity index (χ0v) is 8.25. The van der Waals surface area contributed by atoms with Gasteiger partial charge in [-0.05, 0) is 31.0 Å². The van der Waals surface area contributed by atoms with Crippen LogP contribution in [0.4, 0.5) is 0 Å². The minimum atomic E-state index is -0.0223. The van der Waals surface area contributed by atoms with Gasteiger partial charge in [0.15, 0.2) is 11.5 Å². The van der Waals surface area contributed by atoms with E-state index < -0.39 is 0 Å². The standard InChI is InChI=1S/C11H15NO2/c1-2-8-10-7(5-6-12-8)3-4-9(13)11(10)14/h3-4,8,12-14H,2,5-6H2,1H3. The lowest BCUT2D eigenvalue weighted by atomic mass is 9.91. The average Bonchev–Trinajstić information content (AvgIpc) is 2.23. The molecule has 1 aliphatic heterocycles. The number of hydrogen-bond acceptors (Lipinski definition) is 3. The molecule has 0 aliphatic carbocycles. The molecule has 0 bridgehead atoms. The van der Waals surface area contributed by atoms with Crippen LogP contribution in [0.5, 0.6) is 11.5 Å². The Morgan fingerprint density at radius 3 is 2.93 bits per heavy atom. The fourth-order valence-electron chi connectivity index (χ4n) is 2.08. The molecule has 0 aromatic heterocycles. The van der Waals surface area contributed by atoms with Gasteiger partial charge >= 0.3 is 0 Å². The van der Waals surface area contributed by atoms with Crippen LogP contribution < -0.4 is 5.32 Å². The van der Waals surface area contributed by atoms with Gasteiger partial charge in [0.25, 0.3) is 0 Å². The van der Waals surface area contributed by atoms with E-state index in [-0.39, 0.29) is 17.5 Å². The van der Waals surface area contributed by atoms with Crippen molar-refractivity contribution in [2.45, 2.75) is 25.8 Å². The Labute approximate surface area is 83.4 Å². The number of aromatic hydroxyl groups is 2. The Kier molecular flexibility index (Phi) is 2.33. The van der Waals surface area contributed by atoms with E-state index in [4.69, 9.17) is 0 Å². The molecule has 76 valence electrons. The number of benzene rings is 1. The molecule has 0 saturated carbocycles. The number of nitrogens with one attached hydrogen (secondary N) is 1. The molecule has 1 aliphatic rings. The first-order valence-electron chi connectivity index (χ1n) is 5.01. The van der Waals surface area contributed by atoms with Crippen LogP contribution in [0, 0.1) is 0 Å². The number of rotatable bonds is 1. The second kappa shape index (κ2) is 3.50. The summed E-state index contributed by atoms with van der Waals surface area (Å²) in [6.07, 6.45) is 1.84. The SMILES string of the molecule is CCC1NCCc2ccc(O)c(O)c21. The molecular formula is C11H15NO2. The van der Waals surface area contributed by atoms with E-state index in [1.165, 1.54) is 0 Å². The molecule has 1 aromatic carbocycles. The van der Waals surface area contributed by atoms with Gasteiger partial charge in [0.1, 0.15) is 0 Å². The van der Waals surface area contributed by atoms with Gasteiger partial charge in [-0.1, -0.05) is 13.0 Å². The highest BCUT2D eigenvalue weighted by molar-refractivity contribution is 5.51. The minimum absolute atomic E-state index is 0.0223. The van der Waals surface area contributed by atoms with Crippen molar-refractivity contribution < 1.29 is 10.2 Å². The molecule has 3 nitrogen and oxygen atoms in total. The Morgan fingerprint density at radius 2 is 2.21 bits per heavy atom. The summed E-state index contributed by atoms with van der Waals surface area (Å²) in [6.45, 7) is 3.01. The molecule has 14 heavy (non-hydrogen) atoms. The number of fused-ring (bicyclic) bond motifs is 1. The largest absolute Gasteiger partial charge is 0.504 e. The van der Waals surface area contributed by atoms with E-state index in [0.717, 1.165) is 30.5 Å². The van der Waals surface area contributed by atoms with Gasteiger partial charge in [-0.3, -0.25) is 0 Å². The van der Waals surface area contributed by atoms with Crippen molar-refractivity contribution in [3.8, 4) is 11.5 Å². The van der Waals surface area contributed by atoms with Crippen LogP contribution in [0.3, 0.4) is 0 Å². The lowest BCUT2D eigenvalue weighted by Crippen LogP contribution is -2.29. The summed E-state index contributed by atoms with van der Waals surface area (Å²) < 4.78 is 0. The summed E-state index contributed by atoms with van der Waals surface area (Å²) in [5.41, 5.74) is 2.02. The highest BCUT2D eigenvalue weighted by Crippen LogP contribution is 2.38. The Hall–Kier alpha value is -1.22. The molecule has 1 unspecified atom stereocenters. The highest BCUT2D eigenvalue weighted by atomic mass is 16.3. The fourth-order valence-corrected chi connectivity index (χ4v) is 2.08. The quantitative estimate of drug-likeness (QED) is 0.595. The second-order valence-electron chi connectivity index (χ2n) is 3.67. The average molecular weight is 193 g/mol. The van der Waals surface area contributed by atoms with Gasteiger partial charge in [-0.15, -0.1) is 0 Å². The molecule has 3 heteroatoms. The van der Waals surface area contributed by atoms with Gasteiger partial charge in [-0.2, -0.15) is 0 Å². The molecular weight excluding hydrogens is 178 g/mol. The van der Waals surface area contributed by atoms with Crippen LogP contribution in [0.1, 0.15) is 30.5 Å². The summed E-state index contributed by atoms with van der Waals surface area (Å²) in [5, 5.41) is 22.5. The molecule has 3 N–H and O–H groups in total. The maximum Gasteiger partial charge on any atom is 0.162 e. The molecule has 1 atom stereocenters. The molecule has 1 heterocycles. The predicted octanol–water partition coefficient (Wildman–Crippen LogP) is 1.69. The van der Waals surface area contributed by atoms with E-state index in [1.54, 1.807) is 6.07 Å². The third-order valence-corrected chi connectivity index (χ3v) is 2.83. The zero-order chi connectivity index (χ0) is 10.1. The van der Waals surface area contributed by atoms with Crippen LogP contribution in [0.2, 0.25) is 0 Å². The number of hydrogen-bond donors (Lipinski definition) is 3. The summed E-state index contributed by atoms with van der Waals surface area (Å²) >= 11 is 0. The van der Waals surface area contributed by atoms with Crippen LogP contribution in [-0.4, -0.2) is 16.8 Å². The van der Waals surface area contributed by atoms with Crippen LogP contribution in [0.25, 0.3) is 0 Å². The second-order valence-corrected chi connectivity index (χ2v) is 3.67. The van der Waals surface area contributed by atoms with Gasteiger partial charge in [0.05, 0.1) is 0 Å². The number of phenolic OH excluding ortho intramolecular Hbond substituents is 2. The smallest absolute Gasteiger partial charge is 0.162 e. The monoisotopic (exact) mass is 193 g/mol. The van der Waals surface area contributed by atoms with Crippen molar-refractivity contribution in [2.75, 3.05) is 6.54 Å². The van der Waals surface area contributed by atoms with Gasteiger partial charge in [-0.25, -0.2) is 0 Å². The van der Waals surface area contributed by atoms with E-state index in [0.29, 0.717) is 0 Å². The Bertz CT molecular complexity index is 349. The predicted molar refractivity (Wildman–Crippen MR) is 54.5 cm³/mol. The summed E-state index contributed by atoms with van der Waals surface area (Å²) in [4.78, 5) is 0. The lowest BCUT2D eigenvalue weighted by molar-refractivity contribution is 0.382. The molecule has 1 aromatic rings. The Balaban J connectivity index is 2.53. The topological polar surface area (TPSA) is 52.5 Å². The summed E-state index contributed by atoms with van der Waals surface area (Å²) in [5.74, 6) is 0.0208. The lowest BCUT2D eigenvalue weighted by Gasteiger charge is -2.27. The van der Waals surface area contributed by atoms with Crippen molar-refractivity contribution >= 4 is 0 Å². The first-order chi connectivity index (χ1) is 6.74. The Morgan fingerprint density at radius 1 is 1.43 bits per heavy atom. The van der Waals surface area contributed by atoms with E-state index >= 15 is 0 Å². The molecule has 0 fully saturated rings.